The van der Waals surface area contributed by atoms with Gasteiger partial charge in [0.15, 0.2) is 0 Å². The molecule has 0 aliphatic carbocycles. The predicted octanol–water partition coefficient (Wildman–Crippen LogP) is 3.92. The van der Waals surface area contributed by atoms with Crippen molar-refractivity contribution in [2.24, 2.45) is 0 Å². The third kappa shape index (κ3) is 3.46. The van der Waals surface area contributed by atoms with Crippen LogP contribution in [0.2, 0.25) is 0 Å². The summed E-state index contributed by atoms with van der Waals surface area (Å²) in [7, 11) is 0. The number of alkyl halides is 3. The second-order valence-corrected chi connectivity index (χ2v) is 3.53. The number of hydrogen-bond acceptors (Lipinski definition) is 1. The van der Waals surface area contributed by atoms with Gasteiger partial charge in [-0.05, 0) is 31.5 Å². The molecule has 1 rings (SSSR count). The topological polar surface area (TPSA) is 12.0 Å². The molecular formula is C11H14F3N. The third-order valence-electron chi connectivity index (χ3n) is 2.22. The Kier molecular flexibility index (Phi) is 3.61. The average Bonchev–Trinajstić information content (AvgIpc) is 2.17. The zero-order chi connectivity index (χ0) is 11.5. The van der Waals surface area contributed by atoms with E-state index in [1.807, 2.05) is 13.8 Å². The maximum absolute atomic E-state index is 12.4. The Hall–Kier alpha value is -1.19. The first-order valence-corrected chi connectivity index (χ1v) is 4.87. The molecule has 15 heavy (non-hydrogen) atoms. The number of benzene rings is 1. The first kappa shape index (κ1) is 11.9. The van der Waals surface area contributed by atoms with Gasteiger partial charge in [0.1, 0.15) is 0 Å². The summed E-state index contributed by atoms with van der Waals surface area (Å²) in [6, 6.07) is 5.43. The van der Waals surface area contributed by atoms with Gasteiger partial charge in [0.05, 0.1) is 5.56 Å². The van der Waals surface area contributed by atoms with Crippen LogP contribution in [0.1, 0.15) is 25.8 Å². The molecule has 0 amide bonds. The fourth-order valence-corrected chi connectivity index (χ4v) is 1.17. The number of anilines is 1. The largest absolute Gasteiger partial charge is 0.416 e. The molecular weight excluding hydrogens is 203 g/mol. The van der Waals surface area contributed by atoms with Crippen LogP contribution < -0.4 is 5.32 Å². The molecule has 0 spiro atoms. The van der Waals surface area contributed by atoms with E-state index in [0.29, 0.717) is 5.69 Å². The highest BCUT2D eigenvalue weighted by Crippen LogP contribution is 2.30. The Morgan fingerprint density at radius 2 is 2.00 bits per heavy atom. The molecule has 84 valence electrons. The van der Waals surface area contributed by atoms with Gasteiger partial charge in [-0.3, -0.25) is 0 Å². The maximum Gasteiger partial charge on any atom is 0.416 e. The molecule has 0 aromatic heterocycles. The highest BCUT2D eigenvalue weighted by molar-refractivity contribution is 5.47. The van der Waals surface area contributed by atoms with Gasteiger partial charge in [-0.15, -0.1) is 0 Å². The Morgan fingerprint density at radius 1 is 1.33 bits per heavy atom. The molecule has 0 aliphatic heterocycles. The molecule has 1 aromatic rings. The van der Waals surface area contributed by atoms with E-state index in [0.717, 1.165) is 18.6 Å². The SMILES string of the molecule is CC[C@H](C)Nc1cccc(C(F)(F)F)c1. The van der Waals surface area contributed by atoms with E-state index < -0.39 is 11.7 Å². The first-order valence-electron chi connectivity index (χ1n) is 4.87. The lowest BCUT2D eigenvalue weighted by Crippen LogP contribution is -2.14. The van der Waals surface area contributed by atoms with Crippen LogP contribution in [0.15, 0.2) is 24.3 Å². The normalized spacial score (nSPS) is 13.7. The van der Waals surface area contributed by atoms with E-state index in [1.54, 1.807) is 6.07 Å². The summed E-state index contributed by atoms with van der Waals surface area (Å²) in [6.45, 7) is 3.91. The van der Waals surface area contributed by atoms with Crippen LogP contribution in [0, 0.1) is 0 Å². The van der Waals surface area contributed by atoms with Crippen LogP contribution in [-0.2, 0) is 6.18 Å². The Balaban J connectivity index is 2.84. The highest BCUT2D eigenvalue weighted by atomic mass is 19.4. The van der Waals surface area contributed by atoms with Crippen molar-refractivity contribution in [1.82, 2.24) is 0 Å². The monoisotopic (exact) mass is 217 g/mol. The fourth-order valence-electron chi connectivity index (χ4n) is 1.17. The molecule has 0 aliphatic rings. The molecule has 1 atom stereocenters. The highest BCUT2D eigenvalue weighted by Gasteiger charge is 2.30. The van der Waals surface area contributed by atoms with Gasteiger partial charge in [-0.25, -0.2) is 0 Å². The number of halogens is 3. The number of nitrogens with one attached hydrogen (secondary N) is 1. The second kappa shape index (κ2) is 4.55. The van der Waals surface area contributed by atoms with Crippen molar-refractivity contribution in [2.45, 2.75) is 32.5 Å². The van der Waals surface area contributed by atoms with E-state index in [-0.39, 0.29) is 6.04 Å². The zero-order valence-corrected chi connectivity index (χ0v) is 8.73. The summed E-state index contributed by atoms with van der Waals surface area (Å²) in [5.41, 5.74) is -0.102. The van der Waals surface area contributed by atoms with E-state index in [1.165, 1.54) is 6.07 Å². The summed E-state index contributed by atoms with van der Waals surface area (Å²) in [4.78, 5) is 0. The van der Waals surface area contributed by atoms with Gasteiger partial charge in [0, 0.05) is 11.7 Å². The lowest BCUT2D eigenvalue weighted by Gasteiger charge is -2.14. The smallest absolute Gasteiger partial charge is 0.383 e. The van der Waals surface area contributed by atoms with Gasteiger partial charge < -0.3 is 5.32 Å². The molecule has 0 fully saturated rings. The van der Waals surface area contributed by atoms with E-state index in [4.69, 9.17) is 0 Å². The van der Waals surface area contributed by atoms with Gasteiger partial charge in [-0.1, -0.05) is 13.0 Å². The van der Waals surface area contributed by atoms with Crippen molar-refractivity contribution in [1.29, 1.82) is 0 Å². The minimum absolute atomic E-state index is 0.175. The Labute approximate surface area is 87.3 Å². The molecule has 1 N–H and O–H groups in total. The van der Waals surface area contributed by atoms with Crippen LogP contribution in [0.4, 0.5) is 18.9 Å². The van der Waals surface area contributed by atoms with Crippen LogP contribution >= 0.6 is 0 Å². The maximum atomic E-state index is 12.4. The molecule has 4 heteroatoms. The third-order valence-corrected chi connectivity index (χ3v) is 2.22. The van der Waals surface area contributed by atoms with Crippen molar-refractivity contribution in [3.05, 3.63) is 29.8 Å². The first-order chi connectivity index (χ1) is 6.93. The van der Waals surface area contributed by atoms with E-state index in [9.17, 15) is 13.2 Å². The predicted molar refractivity (Wildman–Crippen MR) is 54.8 cm³/mol. The fraction of sp³-hybridized carbons (Fsp3) is 0.455. The molecule has 0 radical (unpaired) electrons. The summed E-state index contributed by atoms with van der Waals surface area (Å²) in [6.07, 6.45) is -3.40. The van der Waals surface area contributed by atoms with Crippen molar-refractivity contribution >= 4 is 5.69 Å². The molecule has 1 nitrogen and oxygen atoms in total. The second-order valence-electron chi connectivity index (χ2n) is 3.53. The van der Waals surface area contributed by atoms with Crippen LogP contribution in [0.25, 0.3) is 0 Å². The summed E-state index contributed by atoms with van der Waals surface area (Å²) >= 11 is 0. The Bertz CT molecular complexity index is 320. The zero-order valence-electron chi connectivity index (χ0n) is 8.73. The van der Waals surface area contributed by atoms with E-state index >= 15 is 0 Å². The van der Waals surface area contributed by atoms with Gasteiger partial charge >= 0.3 is 6.18 Å². The van der Waals surface area contributed by atoms with Gasteiger partial charge in [0.25, 0.3) is 0 Å². The lowest BCUT2D eigenvalue weighted by molar-refractivity contribution is -0.137. The summed E-state index contributed by atoms with van der Waals surface area (Å²) in [5, 5.41) is 3.00. The van der Waals surface area contributed by atoms with Crippen LogP contribution in [0.5, 0.6) is 0 Å². The van der Waals surface area contributed by atoms with Gasteiger partial charge in [-0.2, -0.15) is 13.2 Å². The molecule has 1 aromatic carbocycles. The minimum atomic E-state index is -4.27. The number of rotatable bonds is 3. The molecule has 0 saturated carbocycles. The van der Waals surface area contributed by atoms with Crippen LogP contribution in [0.3, 0.4) is 0 Å². The van der Waals surface area contributed by atoms with Crippen LogP contribution in [-0.4, -0.2) is 6.04 Å². The lowest BCUT2D eigenvalue weighted by atomic mass is 10.1. The Morgan fingerprint density at radius 3 is 2.53 bits per heavy atom. The van der Waals surface area contributed by atoms with Crippen molar-refractivity contribution in [2.75, 3.05) is 5.32 Å². The van der Waals surface area contributed by atoms with E-state index in [2.05, 4.69) is 5.32 Å². The quantitative estimate of drug-likeness (QED) is 0.809. The number of hydrogen-bond donors (Lipinski definition) is 1. The van der Waals surface area contributed by atoms with Crippen molar-refractivity contribution in [3.63, 3.8) is 0 Å². The summed E-state index contributed by atoms with van der Waals surface area (Å²) < 4.78 is 37.1. The molecule has 0 bridgehead atoms. The standard InChI is InChI=1S/C11H14F3N/c1-3-8(2)15-10-6-4-5-9(7-10)11(12,13)14/h4-8,15H,3H2,1-2H3/t8-/m0/s1. The minimum Gasteiger partial charge on any atom is -0.383 e. The molecule has 0 saturated heterocycles. The molecule has 0 unspecified atom stereocenters. The molecule has 0 heterocycles. The average molecular weight is 217 g/mol. The van der Waals surface area contributed by atoms with Gasteiger partial charge in [0.2, 0.25) is 0 Å². The van der Waals surface area contributed by atoms with Crippen molar-refractivity contribution in [3.8, 4) is 0 Å². The summed E-state index contributed by atoms with van der Waals surface area (Å²) in [5.74, 6) is 0. The van der Waals surface area contributed by atoms with Crippen molar-refractivity contribution < 1.29 is 13.2 Å².